The van der Waals surface area contributed by atoms with Gasteiger partial charge in [0.25, 0.3) is 0 Å². The molecule has 2 atom stereocenters. The number of nitrogens with zero attached hydrogens (tertiary/aromatic N) is 1. The van der Waals surface area contributed by atoms with Crippen LogP contribution in [-0.4, -0.2) is 53.9 Å². The summed E-state index contributed by atoms with van der Waals surface area (Å²) in [5.74, 6) is 0.427. The highest BCUT2D eigenvalue weighted by molar-refractivity contribution is 5.75. The molecule has 116 valence electrons. The minimum atomic E-state index is -0.463. The Morgan fingerprint density at radius 1 is 1.35 bits per heavy atom. The maximum Gasteiger partial charge on any atom is 0.315 e. The fraction of sp³-hybridized carbons (Fsp3) is 0.933. The van der Waals surface area contributed by atoms with Crippen LogP contribution in [0.5, 0.6) is 0 Å². The lowest BCUT2D eigenvalue weighted by molar-refractivity contribution is 0.152. The Balaban J connectivity index is 1.72. The molecule has 0 aromatic heterocycles. The van der Waals surface area contributed by atoms with Crippen LogP contribution < -0.4 is 10.6 Å². The average molecular weight is 283 g/mol. The summed E-state index contributed by atoms with van der Waals surface area (Å²) in [6, 6.07) is -0.0202. The van der Waals surface area contributed by atoms with Gasteiger partial charge in [0.05, 0.1) is 12.1 Å². The number of nitrogens with one attached hydrogen (secondary N) is 2. The lowest BCUT2D eigenvalue weighted by atomic mass is 9.97. The minimum Gasteiger partial charge on any atom is -0.394 e. The van der Waals surface area contributed by atoms with Gasteiger partial charge in [-0.1, -0.05) is 6.42 Å². The molecule has 1 aliphatic carbocycles. The Morgan fingerprint density at radius 3 is 2.55 bits per heavy atom. The summed E-state index contributed by atoms with van der Waals surface area (Å²) in [4.78, 5) is 14.5. The molecule has 1 saturated carbocycles. The van der Waals surface area contributed by atoms with Gasteiger partial charge < -0.3 is 20.6 Å². The first-order chi connectivity index (χ1) is 9.53. The Morgan fingerprint density at radius 2 is 2.00 bits per heavy atom. The summed E-state index contributed by atoms with van der Waals surface area (Å²) in [5.41, 5.74) is -0.463. The number of amides is 2. The van der Waals surface area contributed by atoms with Crippen molar-refractivity contribution >= 4 is 6.03 Å². The van der Waals surface area contributed by atoms with Crippen LogP contribution in [0, 0.1) is 5.92 Å². The number of piperidine rings is 1. The Bertz CT molecular complexity index is 327. The van der Waals surface area contributed by atoms with Crippen molar-refractivity contribution < 1.29 is 9.90 Å². The fourth-order valence-corrected chi connectivity index (χ4v) is 3.09. The zero-order valence-corrected chi connectivity index (χ0v) is 12.8. The van der Waals surface area contributed by atoms with Gasteiger partial charge >= 0.3 is 6.03 Å². The molecule has 2 amide bonds. The second kappa shape index (κ2) is 6.76. The van der Waals surface area contributed by atoms with Crippen LogP contribution in [0.2, 0.25) is 0 Å². The summed E-state index contributed by atoms with van der Waals surface area (Å²) in [5, 5.41) is 15.4. The number of carbonyl (C=O) groups excluding carboxylic acids is 1. The number of hydrogen-bond acceptors (Lipinski definition) is 3. The normalized spacial score (nSPS) is 24.8. The van der Waals surface area contributed by atoms with E-state index in [0.717, 1.165) is 32.5 Å². The van der Waals surface area contributed by atoms with Crippen LogP contribution in [0.15, 0.2) is 0 Å². The average Bonchev–Trinajstić information content (AvgIpc) is 3.24. The number of hydrogen-bond donors (Lipinski definition) is 3. The highest BCUT2D eigenvalue weighted by Gasteiger charge is 2.42. The van der Waals surface area contributed by atoms with E-state index in [0.29, 0.717) is 5.92 Å². The molecule has 0 aromatic rings. The van der Waals surface area contributed by atoms with E-state index in [1.54, 1.807) is 0 Å². The molecule has 0 bridgehead atoms. The molecule has 3 N–H and O–H groups in total. The summed E-state index contributed by atoms with van der Waals surface area (Å²) in [6.45, 7) is 7.17. The molecule has 1 aliphatic heterocycles. The monoisotopic (exact) mass is 283 g/mol. The Kier molecular flexibility index (Phi) is 5.27. The molecule has 0 aromatic carbocycles. The van der Waals surface area contributed by atoms with E-state index >= 15 is 0 Å². The summed E-state index contributed by atoms with van der Waals surface area (Å²) >= 11 is 0. The highest BCUT2D eigenvalue weighted by atomic mass is 16.3. The zero-order valence-electron chi connectivity index (χ0n) is 12.8. The molecular formula is C15H29N3O2. The number of urea groups is 1. The third kappa shape index (κ3) is 4.35. The van der Waals surface area contributed by atoms with E-state index in [4.69, 9.17) is 0 Å². The highest BCUT2D eigenvalue weighted by Crippen LogP contribution is 2.39. The van der Waals surface area contributed by atoms with Gasteiger partial charge in [-0.25, -0.2) is 4.79 Å². The van der Waals surface area contributed by atoms with E-state index in [9.17, 15) is 9.90 Å². The van der Waals surface area contributed by atoms with Gasteiger partial charge in [-0.05, 0) is 58.5 Å². The third-order valence-electron chi connectivity index (χ3n) is 4.56. The molecule has 20 heavy (non-hydrogen) atoms. The van der Waals surface area contributed by atoms with Crippen LogP contribution in [0.1, 0.15) is 46.0 Å². The first-order valence-electron chi connectivity index (χ1n) is 7.95. The van der Waals surface area contributed by atoms with E-state index in [2.05, 4.69) is 15.5 Å². The van der Waals surface area contributed by atoms with Gasteiger partial charge in [-0.15, -0.1) is 0 Å². The van der Waals surface area contributed by atoms with Gasteiger partial charge in [-0.3, -0.25) is 0 Å². The molecule has 0 radical (unpaired) electrons. The summed E-state index contributed by atoms with van der Waals surface area (Å²) < 4.78 is 0. The van der Waals surface area contributed by atoms with Crippen LogP contribution in [-0.2, 0) is 0 Å². The van der Waals surface area contributed by atoms with Crippen molar-refractivity contribution in [3.63, 3.8) is 0 Å². The molecule has 1 saturated heterocycles. The van der Waals surface area contributed by atoms with Crippen LogP contribution in [0.4, 0.5) is 4.79 Å². The topological polar surface area (TPSA) is 64.6 Å². The van der Waals surface area contributed by atoms with Gasteiger partial charge in [0.15, 0.2) is 0 Å². The van der Waals surface area contributed by atoms with Gasteiger partial charge in [-0.2, -0.15) is 0 Å². The molecule has 0 spiro atoms. The molecule has 2 aliphatic rings. The van der Waals surface area contributed by atoms with Crippen LogP contribution >= 0.6 is 0 Å². The number of likely N-dealkylation sites (tertiary alicyclic amines) is 1. The van der Waals surface area contributed by atoms with Crippen LogP contribution in [0.25, 0.3) is 0 Å². The van der Waals surface area contributed by atoms with Crippen LogP contribution in [0.3, 0.4) is 0 Å². The minimum absolute atomic E-state index is 0.00555. The second-order valence-corrected chi connectivity index (χ2v) is 6.71. The Labute approximate surface area is 122 Å². The van der Waals surface area contributed by atoms with Gasteiger partial charge in [0.2, 0.25) is 0 Å². The lowest BCUT2D eigenvalue weighted by Gasteiger charge is -2.32. The maximum absolute atomic E-state index is 12.1. The quantitative estimate of drug-likeness (QED) is 0.689. The first kappa shape index (κ1) is 15.6. The second-order valence-electron chi connectivity index (χ2n) is 6.71. The molecule has 2 fully saturated rings. The van der Waals surface area contributed by atoms with Crippen molar-refractivity contribution in [1.29, 1.82) is 0 Å². The SMILES string of the molecule is CC(CN1CCCCC1)NC(=O)NC(C)(CO)C1CC1. The fourth-order valence-electron chi connectivity index (χ4n) is 3.09. The maximum atomic E-state index is 12.1. The predicted octanol–water partition coefficient (Wildman–Crippen LogP) is 1.32. The van der Waals surface area contributed by atoms with E-state index < -0.39 is 5.54 Å². The first-order valence-corrected chi connectivity index (χ1v) is 7.95. The zero-order chi connectivity index (χ0) is 14.6. The van der Waals surface area contributed by atoms with Crippen molar-refractivity contribution in [2.75, 3.05) is 26.2 Å². The van der Waals surface area contributed by atoms with E-state index in [-0.39, 0.29) is 18.7 Å². The molecule has 2 unspecified atom stereocenters. The molecule has 1 heterocycles. The van der Waals surface area contributed by atoms with Crippen molar-refractivity contribution in [2.24, 2.45) is 5.92 Å². The van der Waals surface area contributed by atoms with Gasteiger partial charge in [0, 0.05) is 12.6 Å². The van der Waals surface area contributed by atoms with Crippen molar-refractivity contribution in [2.45, 2.75) is 57.5 Å². The number of rotatable bonds is 6. The molecule has 5 nitrogen and oxygen atoms in total. The smallest absolute Gasteiger partial charge is 0.315 e. The summed E-state index contributed by atoms with van der Waals surface area (Å²) in [7, 11) is 0. The number of aliphatic hydroxyl groups excluding tert-OH is 1. The van der Waals surface area contributed by atoms with Crippen molar-refractivity contribution in [3.8, 4) is 0 Å². The molecule has 2 rings (SSSR count). The van der Waals surface area contributed by atoms with Gasteiger partial charge in [0.1, 0.15) is 0 Å². The Hall–Kier alpha value is -0.810. The number of carbonyl (C=O) groups is 1. The number of aliphatic hydroxyl groups is 1. The van der Waals surface area contributed by atoms with Crippen molar-refractivity contribution in [1.82, 2.24) is 15.5 Å². The predicted molar refractivity (Wildman–Crippen MR) is 79.6 cm³/mol. The molecular weight excluding hydrogens is 254 g/mol. The van der Waals surface area contributed by atoms with E-state index in [1.807, 2.05) is 13.8 Å². The van der Waals surface area contributed by atoms with Crippen molar-refractivity contribution in [3.05, 3.63) is 0 Å². The van der Waals surface area contributed by atoms with E-state index in [1.165, 1.54) is 19.3 Å². The molecule has 5 heteroatoms. The summed E-state index contributed by atoms with van der Waals surface area (Å²) in [6.07, 6.45) is 6.06. The third-order valence-corrected chi connectivity index (χ3v) is 4.56. The largest absolute Gasteiger partial charge is 0.394 e. The lowest BCUT2D eigenvalue weighted by Crippen LogP contribution is -2.56. The standard InChI is InChI=1S/C15H29N3O2/c1-12(10-18-8-4-3-5-9-18)16-14(20)17-15(2,11-19)13-6-7-13/h12-13,19H,3-11H2,1-2H3,(H2,16,17,20).